The molecule has 4 nitrogen and oxygen atoms in total. The number of aliphatic carboxylic acids is 1. The minimum Gasteiger partial charge on any atom is -0.481 e. The second-order valence-electron chi connectivity index (χ2n) is 6.40. The Balaban J connectivity index is 1.71. The van der Waals surface area contributed by atoms with Crippen molar-refractivity contribution in [3.63, 3.8) is 0 Å². The normalized spacial score (nSPS) is 29.8. The van der Waals surface area contributed by atoms with Crippen molar-refractivity contribution in [1.82, 2.24) is 5.32 Å². The summed E-state index contributed by atoms with van der Waals surface area (Å²) in [5, 5.41) is 12.3. The molecule has 1 fully saturated rings. The number of carboxylic acid groups (broad SMARTS) is 1. The first-order chi connectivity index (χ1) is 10.1. The van der Waals surface area contributed by atoms with Gasteiger partial charge in [-0.05, 0) is 24.7 Å². The Morgan fingerprint density at radius 3 is 2.33 bits per heavy atom. The number of carbonyl (C=O) groups excluding carboxylic acids is 1. The molecule has 1 saturated carbocycles. The van der Waals surface area contributed by atoms with Gasteiger partial charge in [-0.1, -0.05) is 51.2 Å². The minimum atomic E-state index is -0.827. The molecule has 0 saturated heterocycles. The van der Waals surface area contributed by atoms with Crippen molar-refractivity contribution >= 4 is 11.9 Å². The number of hydrogen-bond acceptors (Lipinski definition) is 2. The molecule has 0 unspecified atom stereocenters. The SMILES string of the molecule is CCCCCCCCNC(=O)[C@@H]1[C@@H](C(=O)O)[C@H]2C=C[C@H]1C2. The fourth-order valence-corrected chi connectivity index (χ4v) is 3.75. The standard InChI is InChI=1S/C17H27NO3/c1-2-3-4-5-6-7-10-18-16(19)14-12-8-9-13(11-12)15(14)17(20)21/h8-9,12-15H,2-7,10-11H2,1H3,(H,18,19)(H,20,21)/t12-,13-,14-,15-/m0/s1. The Hall–Kier alpha value is -1.32. The summed E-state index contributed by atoms with van der Waals surface area (Å²) in [6.07, 6.45) is 12.0. The zero-order valence-corrected chi connectivity index (χ0v) is 12.9. The number of allylic oxidation sites excluding steroid dienone is 2. The second kappa shape index (κ2) is 7.62. The fraction of sp³-hybridized carbons (Fsp3) is 0.765. The molecule has 1 amide bonds. The van der Waals surface area contributed by atoms with Crippen molar-refractivity contribution in [3.8, 4) is 0 Å². The highest BCUT2D eigenvalue weighted by Crippen LogP contribution is 2.48. The van der Waals surface area contributed by atoms with Crippen LogP contribution in [-0.4, -0.2) is 23.5 Å². The summed E-state index contributed by atoms with van der Waals surface area (Å²) in [6, 6.07) is 0. The van der Waals surface area contributed by atoms with Crippen LogP contribution in [0.2, 0.25) is 0 Å². The summed E-state index contributed by atoms with van der Waals surface area (Å²) in [5.74, 6) is -1.60. The lowest BCUT2D eigenvalue weighted by Gasteiger charge is -2.23. The Bertz CT molecular complexity index is 405. The van der Waals surface area contributed by atoms with E-state index in [1.807, 2.05) is 12.2 Å². The molecule has 0 spiro atoms. The molecule has 2 aliphatic carbocycles. The Morgan fingerprint density at radius 1 is 1.05 bits per heavy atom. The van der Waals surface area contributed by atoms with Gasteiger partial charge in [-0.2, -0.15) is 0 Å². The van der Waals surface area contributed by atoms with Crippen LogP contribution in [0.1, 0.15) is 51.9 Å². The zero-order chi connectivity index (χ0) is 15.2. The van der Waals surface area contributed by atoms with Crippen LogP contribution in [0.15, 0.2) is 12.2 Å². The van der Waals surface area contributed by atoms with Crippen molar-refractivity contribution in [1.29, 1.82) is 0 Å². The van der Waals surface area contributed by atoms with Crippen LogP contribution in [0.25, 0.3) is 0 Å². The molecule has 0 aromatic rings. The predicted octanol–water partition coefficient (Wildman–Crippen LogP) is 2.99. The van der Waals surface area contributed by atoms with E-state index in [4.69, 9.17) is 0 Å². The first-order valence-corrected chi connectivity index (χ1v) is 8.34. The summed E-state index contributed by atoms with van der Waals surface area (Å²) in [7, 11) is 0. The van der Waals surface area contributed by atoms with Crippen LogP contribution in [0.3, 0.4) is 0 Å². The van der Waals surface area contributed by atoms with Crippen LogP contribution in [0.4, 0.5) is 0 Å². The third kappa shape index (κ3) is 3.86. The maximum absolute atomic E-state index is 12.3. The number of carbonyl (C=O) groups is 2. The van der Waals surface area contributed by atoms with Crippen molar-refractivity contribution in [2.24, 2.45) is 23.7 Å². The molecule has 2 aliphatic rings. The van der Waals surface area contributed by atoms with Crippen LogP contribution >= 0.6 is 0 Å². The summed E-state index contributed by atoms with van der Waals surface area (Å²) in [5.41, 5.74) is 0. The van der Waals surface area contributed by atoms with Gasteiger partial charge in [-0.25, -0.2) is 0 Å². The molecule has 2 bridgehead atoms. The maximum Gasteiger partial charge on any atom is 0.307 e. The van der Waals surface area contributed by atoms with E-state index in [0.29, 0.717) is 6.54 Å². The van der Waals surface area contributed by atoms with E-state index in [2.05, 4.69) is 12.2 Å². The highest BCUT2D eigenvalue weighted by atomic mass is 16.4. The van der Waals surface area contributed by atoms with Gasteiger partial charge in [0.05, 0.1) is 11.8 Å². The van der Waals surface area contributed by atoms with E-state index < -0.39 is 11.9 Å². The van der Waals surface area contributed by atoms with Gasteiger partial charge in [0.15, 0.2) is 0 Å². The van der Waals surface area contributed by atoms with Crippen LogP contribution < -0.4 is 5.32 Å². The van der Waals surface area contributed by atoms with E-state index in [1.54, 1.807) is 0 Å². The average Bonchev–Trinajstić information content (AvgIpc) is 3.06. The van der Waals surface area contributed by atoms with Crippen molar-refractivity contribution in [2.75, 3.05) is 6.54 Å². The Morgan fingerprint density at radius 2 is 1.67 bits per heavy atom. The molecule has 0 aliphatic heterocycles. The lowest BCUT2D eigenvalue weighted by atomic mass is 9.82. The van der Waals surface area contributed by atoms with Gasteiger partial charge in [0, 0.05) is 6.54 Å². The van der Waals surface area contributed by atoms with Crippen molar-refractivity contribution < 1.29 is 14.7 Å². The van der Waals surface area contributed by atoms with E-state index in [0.717, 1.165) is 19.3 Å². The zero-order valence-electron chi connectivity index (χ0n) is 12.9. The Kier molecular flexibility index (Phi) is 5.83. The van der Waals surface area contributed by atoms with Gasteiger partial charge < -0.3 is 10.4 Å². The summed E-state index contributed by atoms with van der Waals surface area (Å²) >= 11 is 0. The summed E-state index contributed by atoms with van der Waals surface area (Å²) in [4.78, 5) is 23.6. The molecule has 0 aromatic heterocycles. The number of carboxylic acids is 1. The smallest absolute Gasteiger partial charge is 0.307 e. The second-order valence-corrected chi connectivity index (χ2v) is 6.40. The van der Waals surface area contributed by atoms with E-state index in [-0.39, 0.29) is 23.7 Å². The lowest BCUT2D eigenvalue weighted by Crippen LogP contribution is -2.40. The Labute approximate surface area is 127 Å². The topological polar surface area (TPSA) is 66.4 Å². The quantitative estimate of drug-likeness (QED) is 0.507. The number of unbranched alkanes of at least 4 members (excludes halogenated alkanes) is 5. The summed E-state index contributed by atoms with van der Waals surface area (Å²) in [6.45, 7) is 2.87. The lowest BCUT2D eigenvalue weighted by molar-refractivity contribution is -0.147. The molecule has 2 N–H and O–H groups in total. The van der Waals surface area contributed by atoms with E-state index in [9.17, 15) is 14.7 Å². The van der Waals surface area contributed by atoms with Gasteiger partial charge in [-0.15, -0.1) is 0 Å². The highest BCUT2D eigenvalue weighted by molar-refractivity contribution is 5.86. The molecule has 4 atom stereocenters. The molecular formula is C17H27NO3. The molecule has 4 heteroatoms. The molecule has 118 valence electrons. The molecule has 0 heterocycles. The predicted molar refractivity (Wildman–Crippen MR) is 81.7 cm³/mol. The van der Waals surface area contributed by atoms with Crippen LogP contribution in [-0.2, 0) is 9.59 Å². The third-order valence-corrected chi connectivity index (χ3v) is 4.88. The number of nitrogens with one attached hydrogen (secondary N) is 1. The van der Waals surface area contributed by atoms with Gasteiger partial charge in [0.25, 0.3) is 0 Å². The molecular weight excluding hydrogens is 266 g/mol. The fourth-order valence-electron chi connectivity index (χ4n) is 3.75. The first-order valence-electron chi connectivity index (χ1n) is 8.34. The largest absolute Gasteiger partial charge is 0.481 e. The number of fused-ring (bicyclic) bond motifs is 2. The maximum atomic E-state index is 12.3. The van der Waals surface area contributed by atoms with Gasteiger partial charge in [0.1, 0.15) is 0 Å². The monoisotopic (exact) mass is 293 g/mol. The minimum absolute atomic E-state index is 0.0530. The highest BCUT2D eigenvalue weighted by Gasteiger charge is 2.51. The van der Waals surface area contributed by atoms with Crippen molar-refractivity contribution in [3.05, 3.63) is 12.2 Å². The average molecular weight is 293 g/mol. The number of rotatable bonds is 9. The van der Waals surface area contributed by atoms with Gasteiger partial charge >= 0.3 is 5.97 Å². The molecule has 0 radical (unpaired) electrons. The number of hydrogen-bond donors (Lipinski definition) is 2. The van der Waals surface area contributed by atoms with E-state index in [1.165, 1.54) is 25.7 Å². The summed E-state index contributed by atoms with van der Waals surface area (Å²) < 4.78 is 0. The van der Waals surface area contributed by atoms with Gasteiger partial charge in [0.2, 0.25) is 5.91 Å². The van der Waals surface area contributed by atoms with Crippen LogP contribution in [0.5, 0.6) is 0 Å². The molecule has 21 heavy (non-hydrogen) atoms. The molecule has 2 rings (SSSR count). The molecule has 0 aromatic carbocycles. The third-order valence-electron chi connectivity index (χ3n) is 4.88. The van der Waals surface area contributed by atoms with Gasteiger partial charge in [-0.3, -0.25) is 9.59 Å². The van der Waals surface area contributed by atoms with E-state index >= 15 is 0 Å². The van der Waals surface area contributed by atoms with Crippen LogP contribution in [0, 0.1) is 23.7 Å². The van der Waals surface area contributed by atoms with Crippen molar-refractivity contribution in [2.45, 2.75) is 51.9 Å². The number of amides is 1. The first kappa shape index (κ1) is 16.1.